The number of hydrogen-bond acceptors (Lipinski definition) is 4. The second-order valence-electron chi connectivity index (χ2n) is 8.13. The zero-order chi connectivity index (χ0) is 19.8. The number of hydrogen-bond donors (Lipinski definition) is 2. The van der Waals surface area contributed by atoms with E-state index in [4.69, 9.17) is 13.9 Å². The Morgan fingerprint density at radius 3 is 2.45 bits per heavy atom. The van der Waals surface area contributed by atoms with E-state index in [1.165, 1.54) is 16.0 Å². The highest BCUT2D eigenvalue weighted by molar-refractivity contribution is 5.80. The second-order valence-corrected chi connectivity index (χ2v) is 8.13. The fourth-order valence-corrected chi connectivity index (χ4v) is 4.41. The van der Waals surface area contributed by atoms with Gasteiger partial charge in [0, 0.05) is 22.6 Å². The molecule has 0 unspecified atom stereocenters. The van der Waals surface area contributed by atoms with Gasteiger partial charge in [-0.25, -0.2) is 4.79 Å². The van der Waals surface area contributed by atoms with Crippen LogP contribution in [0.25, 0.3) is 11.0 Å². The lowest BCUT2D eigenvalue weighted by atomic mass is 10.1. The van der Waals surface area contributed by atoms with Crippen molar-refractivity contribution < 1.29 is 23.7 Å². The van der Waals surface area contributed by atoms with Crippen molar-refractivity contribution in [2.45, 2.75) is 20.0 Å². The van der Waals surface area contributed by atoms with Crippen LogP contribution in [0.2, 0.25) is 0 Å². The van der Waals surface area contributed by atoms with Crippen LogP contribution in [0.15, 0.2) is 51.7 Å². The molecular formula is C23H26N2O4+2. The number of piperazine rings is 1. The van der Waals surface area contributed by atoms with Crippen LogP contribution in [0, 0.1) is 6.92 Å². The average molecular weight is 394 g/mol. The lowest BCUT2D eigenvalue weighted by Crippen LogP contribution is -3.27. The minimum absolute atomic E-state index is 0.261. The summed E-state index contributed by atoms with van der Waals surface area (Å²) in [7, 11) is 0. The van der Waals surface area contributed by atoms with E-state index in [0.29, 0.717) is 12.4 Å². The number of nitrogens with one attached hydrogen (secondary N) is 2. The normalized spacial score (nSPS) is 20.9. The lowest BCUT2D eigenvalue weighted by Gasteiger charge is -2.30. The molecule has 0 saturated carbocycles. The molecule has 0 atom stereocenters. The molecule has 3 aromatic rings. The summed E-state index contributed by atoms with van der Waals surface area (Å²) in [5, 5.41) is 1.06. The Labute approximate surface area is 169 Å². The summed E-state index contributed by atoms with van der Waals surface area (Å²) in [6.45, 7) is 8.66. The Morgan fingerprint density at radius 1 is 0.862 bits per heavy atom. The minimum atomic E-state index is -0.261. The van der Waals surface area contributed by atoms with Crippen molar-refractivity contribution in [1.29, 1.82) is 0 Å². The Kier molecular flexibility index (Phi) is 4.73. The smallest absolute Gasteiger partial charge is 0.336 e. The summed E-state index contributed by atoms with van der Waals surface area (Å²) >= 11 is 0. The van der Waals surface area contributed by atoms with E-state index in [2.05, 4.69) is 25.1 Å². The molecule has 0 aliphatic carbocycles. The van der Waals surface area contributed by atoms with Gasteiger partial charge in [0.15, 0.2) is 11.5 Å². The molecule has 6 heteroatoms. The number of fused-ring (bicyclic) bond motifs is 2. The van der Waals surface area contributed by atoms with Gasteiger partial charge in [0.2, 0.25) is 6.79 Å². The molecule has 1 fully saturated rings. The molecule has 0 radical (unpaired) electrons. The van der Waals surface area contributed by atoms with Gasteiger partial charge in [-0.15, -0.1) is 0 Å². The Balaban J connectivity index is 1.24. The number of benzene rings is 2. The zero-order valence-electron chi connectivity index (χ0n) is 16.6. The van der Waals surface area contributed by atoms with E-state index >= 15 is 0 Å². The van der Waals surface area contributed by atoms with Gasteiger partial charge in [-0.05, 0) is 37.3 Å². The molecule has 2 aliphatic rings. The standard InChI is InChI=1S/C23H24N2O4/c1-16-2-4-20-19(10-16)18(12-23(26)29-20)14-25-8-6-24(7-9-25)13-17-3-5-21-22(11-17)28-15-27-21/h2-5,10-12H,6-9,13-15H2,1H3/p+2. The van der Waals surface area contributed by atoms with Gasteiger partial charge in [-0.3, -0.25) is 0 Å². The van der Waals surface area contributed by atoms with Crippen LogP contribution in [0.4, 0.5) is 0 Å². The van der Waals surface area contributed by atoms with Gasteiger partial charge < -0.3 is 23.7 Å². The highest BCUT2D eigenvalue weighted by atomic mass is 16.7. The molecule has 29 heavy (non-hydrogen) atoms. The first-order valence-electron chi connectivity index (χ1n) is 10.2. The largest absolute Gasteiger partial charge is 0.454 e. The number of aryl methyl sites for hydroxylation is 1. The van der Waals surface area contributed by atoms with Crippen molar-refractivity contribution in [2.24, 2.45) is 0 Å². The third kappa shape index (κ3) is 3.86. The summed E-state index contributed by atoms with van der Waals surface area (Å²) in [6, 6.07) is 13.9. The minimum Gasteiger partial charge on any atom is -0.454 e. The molecule has 2 aromatic carbocycles. The van der Waals surface area contributed by atoms with Crippen LogP contribution in [-0.2, 0) is 13.1 Å². The first-order valence-corrected chi connectivity index (χ1v) is 10.2. The van der Waals surface area contributed by atoms with Crippen molar-refractivity contribution in [3.63, 3.8) is 0 Å². The van der Waals surface area contributed by atoms with E-state index in [9.17, 15) is 4.79 Å². The monoisotopic (exact) mass is 394 g/mol. The molecule has 0 bridgehead atoms. The molecule has 3 heterocycles. The van der Waals surface area contributed by atoms with Crippen molar-refractivity contribution >= 4 is 11.0 Å². The quantitative estimate of drug-likeness (QED) is 0.626. The maximum Gasteiger partial charge on any atom is 0.336 e. The van der Waals surface area contributed by atoms with Gasteiger partial charge in [-0.1, -0.05) is 11.6 Å². The number of ether oxygens (including phenoxy) is 2. The van der Waals surface area contributed by atoms with E-state index in [-0.39, 0.29) is 5.63 Å². The fraction of sp³-hybridized carbons (Fsp3) is 0.348. The van der Waals surface area contributed by atoms with Crippen LogP contribution in [0.3, 0.4) is 0 Å². The van der Waals surface area contributed by atoms with Gasteiger partial charge in [0.25, 0.3) is 0 Å². The first kappa shape index (κ1) is 18.2. The van der Waals surface area contributed by atoms with Crippen LogP contribution in [0.1, 0.15) is 16.7 Å². The summed E-state index contributed by atoms with van der Waals surface area (Å²) in [4.78, 5) is 15.1. The summed E-state index contributed by atoms with van der Waals surface area (Å²) < 4.78 is 16.3. The van der Waals surface area contributed by atoms with Crippen molar-refractivity contribution in [3.8, 4) is 11.5 Å². The lowest BCUT2D eigenvalue weighted by molar-refractivity contribution is -1.02. The van der Waals surface area contributed by atoms with Crippen LogP contribution >= 0.6 is 0 Å². The van der Waals surface area contributed by atoms with E-state index in [1.807, 2.05) is 18.2 Å². The molecule has 5 rings (SSSR count). The third-order valence-corrected chi connectivity index (χ3v) is 5.98. The third-order valence-electron chi connectivity index (χ3n) is 5.98. The van der Waals surface area contributed by atoms with Crippen LogP contribution < -0.4 is 24.9 Å². The predicted molar refractivity (Wildman–Crippen MR) is 109 cm³/mol. The number of quaternary nitrogens is 2. The van der Waals surface area contributed by atoms with Gasteiger partial charge in [-0.2, -0.15) is 0 Å². The second kappa shape index (κ2) is 7.54. The van der Waals surface area contributed by atoms with Gasteiger partial charge in [0.1, 0.15) is 44.9 Å². The molecule has 0 amide bonds. The molecule has 1 aromatic heterocycles. The summed E-state index contributed by atoms with van der Waals surface area (Å²) in [5.41, 5.74) is 3.98. The SMILES string of the molecule is Cc1ccc2oc(=O)cc(C[NH+]3CC[NH+](Cc4ccc5c(c4)OCO5)CC3)c2c1. The van der Waals surface area contributed by atoms with E-state index in [0.717, 1.165) is 61.7 Å². The predicted octanol–water partition coefficient (Wildman–Crippen LogP) is 0.314. The summed E-state index contributed by atoms with van der Waals surface area (Å²) in [6.07, 6.45) is 0. The fourth-order valence-electron chi connectivity index (χ4n) is 4.41. The Morgan fingerprint density at radius 2 is 1.62 bits per heavy atom. The zero-order valence-corrected chi connectivity index (χ0v) is 16.6. The molecular weight excluding hydrogens is 368 g/mol. The van der Waals surface area contributed by atoms with Crippen LogP contribution in [0.5, 0.6) is 11.5 Å². The topological polar surface area (TPSA) is 57.5 Å². The molecule has 2 aliphatic heterocycles. The Bertz CT molecular complexity index is 1100. The Hall–Kier alpha value is -2.83. The van der Waals surface area contributed by atoms with Gasteiger partial charge in [0.05, 0.1) is 0 Å². The maximum absolute atomic E-state index is 12.0. The van der Waals surface area contributed by atoms with Crippen molar-refractivity contribution in [3.05, 3.63) is 69.6 Å². The summed E-state index contributed by atoms with van der Waals surface area (Å²) in [5.74, 6) is 1.70. The van der Waals surface area contributed by atoms with E-state index < -0.39 is 0 Å². The molecule has 1 saturated heterocycles. The van der Waals surface area contributed by atoms with Crippen molar-refractivity contribution in [2.75, 3.05) is 33.0 Å². The highest BCUT2D eigenvalue weighted by Gasteiger charge is 2.25. The number of rotatable bonds is 4. The molecule has 6 nitrogen and oxygen atoms in total. The molecule has 0 spiro atoms. The average Bonchev–Trinajstić information content (AvgIpc) is 3.18. The van der Waals surface area contributed by atoms with Crippen molar-refractivity contribution in [1.82, 2.24) is 0 Å². The van der Waals surface area contributed by atoms with Gasteiger partial charge >= 0.3 is 5.63 Å². The first-order chi connectivity index (χ1) is 14.1. The maximum atomic E-state index is 12.0. The highest BCUT2D eigenvalue weighted by Crippen LogP contribution is 2.32. The van der Waals surface area contributed by atoms with Crippen LogP contribution in [-0.4, -0.2) is 33.0 Å². The molecule has 2 N–H and O–H groups in total. The van der Waals surface area contributed by atoms with E-state index in [1.54, 1.807) is 11.0 Å². The molecule has 150 valence electrons.